The zero-order valence-electron chi connectivity index (χ0n) is 7.44. The zero-order chi connectivity index (χ0) is 10.0. The van der Waals surface area contributed by atoms with E-state index in [9.17, 15) is 10.2 Å². The maximum atomic E-state index is 9.42. The van der Waals surface area contributed by atoms with E-state index in [4.69, 9.17) is 5.21 Å². The van der Waals surface area contributed by atoms with Crippen molar-refractivity contribution < 1.29 is 15.4 Å². The Morgan fingerprint density at radius 1 is 1.23 bits per heavy atom. The van der Waals surface area contributed by atoms with Crippen LogP contribution in [0.15, 0.2) is 17.3 Å². The van der Waals surface area contributed by atoms with Crippen LogP contribution in [0.3, 0.4) is 0 Å². The second kappa shape index (κ2) is 3.35. The van der Waals surface area contributed by atoms with Gasteiger partial charge in [-0.3, -0.25) is 0 Å². The first-order chi connectivity index (χ1) is 6.06. The van der Waals surface area contributed by atoms with E-state index in [1.165, 1.54) is 19.1 Å². The Balaban J connectivity index is 3.37. The number of benzene rings is 1. The summed E-state index contributed by atoms with van der Waals surface area (Å²) >= 11 is 0. The lowest BCUT2D eigenvalue weighted by Crippen LogP contribution is -1.96. The molecular formula is C9H11NO3. The van der Waals surface area contributed by atoms with Crippen LogP contribution in [-0.4, -0.2) is 21.1 Å². The van der Waals surface area contributed by atoms with E-state index in [0.29, 0.717) is 0 Å². The van der Waals surface area contributed by atoms with E-state index in [1.54, 1.807) is 6.92 Å². The quantitative estimate of drug-likeness (QED) is 0.350. The number of oxime groups is 1. The minimum absolute atomic E-state index is 0.0900. The van der Waals surface area contributed by atoms with Crippen molar-refractivity contribution >= 4 is 5.71 Å². The largest absolute Gasteiger partial charge is 0.507 e. The van der Waals surface area contributed by atoms with Gasteiger partial charge in [-0.25, -0.2) is 0 Å². The summed E-state index contributed by atoms with van der Waals surface area (Å²) in [6, 6.07) is 2.98. The Labute approximate surface area is 75.8 Å². The molecule has 0 aliphatic heterocycles. The third-order valence-corrected chi connectivity index (χ3v) is 1.75. The molecule has 0 saturated heterocycles. The first-order valence-corrected chi connectivity index (χ1v) is 3.78. The van der Waals surface area contributed by atoms with Crippen LogP contribution in [-0.2, 0) is 0 Å². The van der Waals surface area contributed by atoms with E-state index >= 15 is 0 Å². The summed E-state index contributed by atoms with van der Waals surface area (Å²) in [4.78, 5) is 0. The number of nitrogens with zero attached hydrogens (tertiary/aromatic N) is 1. The minimum Gasteiger partial charge on any atom is -0.507 e. The number of phenolic OH excluding ortho intramolecular Hbond substituents is 2. The molecule has 0 spiro atoms. The zero-order valence-corrected chi connectivity index (χ0v) is 7.44. The normalized spacial score (nSPS) is 11.7. The van der Waals surface area contributed by atoms with Gasteiger partial charge in [0.1, 0.15) is 11.5 Å². The highest BCUT2D eigenvalue weighted by Gasteiger charge is 2.11. The van der Waals surface area contributed by atoms with Crippen molar-refractivity contribution in [2.24, 2.45) is 5.16 Å². The third-order valence-electron chi connectivity index (χ3n) is 1.75. The van der Waals surface area contributed by atoms with Gasteiger partial charge in [0.05, 0.1) is 11.3 Å². The summed E-state index contributed by atoms with van der Waals surface area (Å²) in [7, 11) is 0. The van der Waals surface area contributed by atoms with E-state index in [1.807, 2.05) is 0 Å². The fourth-order valence-electron chi connectivity index (χ4n) is 1.17. The maximum absolute atomic E-state index is 9.42. The van der Waals surface area contributed by atoms with Gasteiger partial charge in [-0.2, -0.15) is 0 Å². The number of aryl methyl sites for hydroxylation is 1. The van der Waals surface area contributed by atoms with Crippen LogP contribution in [0.25, 0.3) is 0 Å². The molecule has 70 valence electrons. The Hall–Kier alpha value is -1.71. The molecule has 0 saturated carbocycles. The van der Waals surface area contributed by atoms with E-state index in [2.05, 4.69) is 5.16 Å². The minimum atomic E-state index is -0.0900. The fraction of sp³-hybridized carbons (Fsp3) is 0.222. The summed E-state index contributed by atoms with van der Waals surface area (Å²) in [5, 5.41) is 30.2. The van der Waals surface area contributed by atoms with Crippen LogP contribution < -0.4 is 0 Å². The van der Waals surface area contributed by atoms with Crippen molar-refractivity contribution in [3.63, 3.8) is 0 Å². The average molecular weight is 181 g/mol. The fourth-order valence-corrected chi connectivity index (χ4v) is 1.17. The first-order valence-electron chi connectivity index (χ1n) is 3.78. The van der Waals surface area contributed by atoms with E-state index in [0.717, 1.165) is 5.56 Å². The molecule has 0 atom stereocenters. The molecule has 0 unspecified atom stereocenters. The van der Waals surface area contributed by atoms with Crippen LogP contribution in [0.5, 0.6) is 11.5 Å². The van der Waals surface area contributed by atoms with Crippen LogP contribution >= 0.6 is 0 Å². The van der Waals surface area contributed by atoms with Gasteiger partial charge in [0, 0.05) is 0 Å². The predicted octanol–water partition coefficient (Wildman–Crippen LogP) is 1.60. The Kier molecular flexibility index (Phi) is 2.41. The molecule has 0 heterocycles. The molecule has 0 fully saturated rings. The van der Waals surface area contributed by atoms with Crippen molar-refractivity contribution in [3.8, 4) is 11.5 Å². The van der Waals surface area contributed by atoms with Crippen molar-refractivity contribution in [3.05, 3.63) is 23.3 Å². The Morgan fingerprint density at radius 3 is 2.08 bits per heavy atom. The SMILES string of the molecule is C/C(=N/O)c1c(O)cc(C)cc1O. The number of hydrogen-bond donors (Lipinski definition) is 3. The average Bonchev–Trinajstić information content (AvgIpc) is 2.02. The molecule has 1 rings (SSSR count). The number of aromatic hydroxyl groups is 2. The Bertz CT molecular complexity index is 335. The molecule has 0 amide bonds. The standard InChI is InChI=1S/C9H11NO3/c1-5-3-7(11)9(6(2)10-13)8(12)4-5/h3-4,11-13H,1-2H3/b10-6-. The molecule has 3 N–H and O–H groups in total. The molecule has 1 aromatic rings. The van der Waals surface area contributed by atoms with Crippen molar-refractivity contribution in [2.75, 3.05) is 0 Å². The lowest BCUT2D eigenvalue weighted by molar-refractivity contribution is 0.318. The van der Waals surface area contributed by atoms with Crippen LogP contribution in [0.4, 0.5) is 0 Å². The van der Waals surface area contributed by atoms with E-state index in [-0.39, 0.29) is 22.8 Å². The van der Waals surface area contributed by atoms with Crippen LogP contribution in [0.1, 0.15) is 18.1 Å². The molecule has 4 heteroatoms. The van der Waals surface area contributed by atoms with Crippen molar-refractivity contribution in [1.29, 1.82) is 0 Å². The number of hydrogen-bond acceptors (Lipinski definition) is 4. The second-order valence-electron chi connectivity index (χ2n) is 2.86. The molecule has 0 bridgehead atoms. The number of phenols is 2. The van der Waals surface area contributed by atoms with Crippen LogP contribution in [0.2, 0.25) is 0 Å². The molecule has 0 aromatic heterocycles. The lowest BCUT2D eigenvalue weighted by Gasteiger charge is -2.06. The van der Waals surface area contributed by atoms with Gasteiger partial charge in [-0.05, 0) is 31.5 Å². The summed E-state index contributed by atoms with van der Waals surface area (Å²) in [5.41, 5.74) is 1.08. The van der Waals surface area contributed by atoms with E-state index < -0.39 is 0 Å². The second-order valence-corrected chi connectivity index (χ2v) is 2.86. The molecular weight excluding hydrogens is 170 g/mol. The lowest BCUT2D eigenvalue weighted by atomic mass is 10.1. The summed E-state index contributed by atoms with van der Waals surface area (Å²) in [6.45, 7) is 3.23. The summed E-state index contributed by atoms with van der Waals surface area (Å²) < 4.78 is 0. The third kappa shape index (κ3) is 1.72. The van der Waals surface area contributed by atoms with Gasteiger partial charge < -0.3 is 15.4 Å². The highest BCUT2D eigenvalue weighted by Crippen LogP contribution is 2.28. The van der Waals surface area contributed by atoms with Gasteiger partial charge >= 0.3 is 0 Å². The van der Waals surface area contributed by atoms with Crippen molar-refractivity contribution in [1.82, 2.24) is 0 Å². The maximum Gasteiger partial charge on any atom is 0.128 e. The topological polar surface area (TPSA) is 73.1 Å². The van der Waals surface area contributed by atoms with Crippen LogP contribution in [0, 0.1) is 6.92 Å². The van der Waals surface area contributed by atoms with Gasteiger partial charge in [0.25, 0.3) is 0 Å². The first kappa shape index (κ1) is 9.38. The Morgan fingerprint density at radius 2 is 1.69 bits per heavy atom. The van der Waals surface area contributed by atoms with Gasteiger partial charge in [0.2, 0.25) is 0 Å². The molecule has 0 aliphatic rings. The molecule has 0 aliphatic carbocycles. The smallest absolute Gasteiger partial charge is 0.128 e. The highest BCUT2D eigenvalue weighted by molar-refractivity contribution is 6.03. The molecule has 1 aromatic carbocycles. The van der Waals surface area contributed by atoms with Gasteiger partial charge in [-0.15, -0.1) is 0 Å². The monoisotopic (exact) mass is 181 g/mol. The molecule has 4 nitrogen and oxygen atoms in total. The summed E-state index contributed by atoms with van der Waals surface area (Å²) in [6.07, 6.45) is 0. The van der Waals surface area contributed by atoms with Gasteiger partial charge in [-0.1, -0.05) is 5.16 Å². The predicted molar refractivity (Wildman–Crippen MR) is 48.5 cm³/mol. The van der Waals surface area contributed by atoms with Gasteiger partial charge in [0.15, 0.2) is 0 Å². The molecule has 13 heavy (non-hydrogen) atoms. The van der Waals surface area contributed by atoms with Crippen molar-refractivity contribution in [2.45, 2.75) is 13.8 Å². The number of rotatable bonds is 1. The summed E-state index contributed by atoms with van der Waals surface area (Å²) in [5.74, 6) is -0.180. The molecule has 0 radical (unpaired) electrons. The highest BCUT2D eigenvalue weighted by atomic mass is 16.4.